The first kappa shape index (κ1) is 13.0. The largest absolute Gasteiger partial charge is 0.417 e. The number of halogens is 5. The Bertz CT molecular complexity index is 400. The summed E-state index contributed by atoms with van der Waals surface area (Å²) in [6.07, 6.45) is -4.96. The number of rotatable bonds is 3. The summed E-state index contributed by atoms with van der Waals surface area (Å²) in [7, 11) is 0. The highest BCUT2D eigenvalue weighted by Gasteiger charge is 2.35. The molecule has 88 valence electrons. The Morgan fingerprint density at radius 3 is 2.44 bits per heavy atom. The van der Waals surface area contributed by atoms with Gasteiger partial charge in [0.1, 0.15) is 5.82 Å². The van der Waals surface area contributed by atoms with Gasteiger partial charge in [-0.3, -0.25) is 4.79 Å². The Balaban J connectivity index is 3.23. The van der Waals surface area contributed by atoms with Crippen molar-refractivity contribution in [1.29, 1.82) is 0 Å². The van der Waals surface area contributed by atoms with Crippen LogP contribution in [0.1, 0.15) is 22.3 Å². The third kappa shape index (κ3) is 2.95. The van der Waals surface area contributed by atoms with E-state index in [9.17, 15) is 22.4 Å². The van der Waals surface area contributed by atoms with Gasteiger partial charge in [0.25, 0.3) is 0 Å². The minimum Gasteiger partial charge on any atom is -0.294 e. The van der Waals surface area contributed by atoms with Crippen LogP contribution in [0.25, 0.3) is 0 Å². The third-order valence-electron chi connectivity index (χ3n) is 1.91. The number of carbonyl (C=O) groups excluding carboxylic acids is 1. The molecule has 1 nitrogen and oxygen atoms in total. The van der Waals surface area contributed by atoms with Crippen molar-refractivity contribution in [3.63, 3.8) is 0 Å². The van der Waals surface area contributed by atoms with Crippen LogP contribution in [0, 0.1) is 5.82 Å². The summed E-state index contributed by atoms with van der Waals surface area (Å²) in [4.78, 5) is 11.3. The van der Waals surface area contributed by atoms with Gasteiger partial charge in [0, 0.05) is 17.9 Å². The predicted octanol–water partition coefficient (Wildman–Crippen LogP) is 3.66. The molecular formula is C10H7ClF4O. The van der Waals surface area contributed by atoms with E-state index in [1.807, 2.05) is 0 Å². The fourth-order valence-corrected chi connectivity index (χ4v) is 1.39. The Labute approximate surface area is 94.0 Å². The summed E-state index contributed by atoms with van der Waals surface area (Å²) < 4.78 is 50.1. The molecule has 0 saturated heterocycles. The summed E-state index contributed by atoms with van der Waals surface area (Å²) in [6.45, 7) is 0. The van der Waals surface area contributed by atoms with Gasteiger partial charge in [-0.05, 0) is 18.2 Å². The van der Waals surface area contributed by atoms with Crippen LogP contribution in [0.2, 0.25) is 0 Å². The van der Waals surface area contributed by atoms with E-state index in [0.29, 0.717) is 6.07 Å². The molecule has 1 aromatic carbocycles. The van der Waals surface area contributed by atoms with Crippen LogP contribution in [-0.4, -0.2) is 11.7 Å². The zero-order chi connectivity index (χ0) is 12.3. The number of Topliss-reactive ketones (excluding diaryl/α,β-unsaturated/α-hetero) is 1. The molecule has 0 aliphatic carbocycles. The quantitative estimate of drug-likeness (QED) is 0.457. The molecule has 16 heavy (non-hydrogen) atoms. The summed E-state index contributed by atoms with van der Waals surface area (Å²) in [6, 6.07) is 1.95. The maximum atomic E-state index is 12.7. The number of hydrogen-bond acceptors (Lipinski definition) is 1. The Morgan fingerprint density at radius 1 is 1.31 bits per heavy atom. The SMILES string of the molecule is O=C(CCCl)c1ccc(F)cc1C(F)(F)F. The summed E-state index contributed by atoms with van der Waals surface area (Å²) in [5.41, 5.74) is -1.81. The second-order valence-electron chi connectivity index (χ2n) is 3.05. The minimum atomic E-state index is -4.75. The number of benzene rings is 1. The van der Waals surface area contributed by atoms with E-state index in [4.69, 9.17) is 11.6 Å². The number of ketones is 1. The molecular weight excluding hydrogens is 248 g/mol. The summed E-state index contributed by atoms with van der Waals surface area (Å²) in [5, 5.41) is 0. The van der Waals surface area contributed by atoms with E-state index in [-0.39, 0.29) is 12.3 Å². The van der Waals surface area contributed by atoms with Crippen molar-refractivity contribution in [1.82, 2.24) is 0 Å². The Kier molecular flexibility index (Phi) is 3.91. The molecule has 0 fully saturated rings. The zero-order valence-corrected chi connectivity index (χ0v) is 8.70. The molecule has 0 atom stereocenters. The predicted molar refractivity (Wildman–Crippen MR) is 51.1 cm³/mol. The molecule has 1 aromatic rings. The van der Waals surface area contributed by atoms with Gasteiger partial charge in [-0.25, -0.2) is 4.39 Å². The Morgan fingerprint density at radius 2 is 1.94 bits per heavy atom. The van der Waals surface area contributed by atoms with E-state index in [1.54, 1.807) is 0 Å². The molecule has 0 radical (unpaired) electrons. The maximum Gasteiger partial charge on any atom is 0.417 e. The van der Waals surface area contributed by atoms with E-state index < -0.39 is 28.9 Å². The van der Waals surface area contributed by atoms with E-state index in [2.05, 4.69) is 0 Å². The molecule has 0 bridgehead atoms. The van der Waals surface area contributed by atoms with Crippen molar-refractivity contribution >= 4 is 17.4 Å². The fourth-order valence-electron chi connectivity index (χ4n) is 1.21. The van der Waals surface area contributed by atoms with Gasteiger partial charge in [-0.2, -0.15) is 13.2 Å². The van der Waals surface area contributed by atoms with Gasteiger partial charge in [0.05, 0.1) is 5.56 Å². The number of carbonyl (C=O) groups is 1. The molecule has 0 spiro atoms. The number of hydrogen-bond donors (Lipinski definition) is 0. The van der Waals surface area contributed by atoms with Crippen LogP contribution in [0.5, 0.6) is 0 Å². The smallest absolute Gasteiger partial charge is 0.294 e. The lowest BCUT2D eigenvalue weighted by molar-refractivity contribution is -0.138. The van der Waals surface area contributed by atoms with Gasteiger partial charge in [-0.1, -0.05) is 0 Å². The van der Waals surface area contributed by atoms with Crippen molar-refractivity contribution in [2.45, 2.75) is 12.6 Å². The summed E-state index contributed by atoms with van der Waals surface area (Å²) >= 11 is 5.27. The molecule has 0 amide bonds. The molecule has 0 N–H and O–H groups in total. The van der Waals surface area contributed by atoms with Gasteiger partial charge in [-0.15, -0.1) is 11.6 Å². The normalized spacial score (nSPS) is 11.6. The van der Waals surface area contributed by atoms with Crippen molar-refractivity contribution in [3.8, 4) is 0 Å². The maximum absolute atomic E-state index is 12.7. The lowest BCUT2D eigenvalue weighted by Gasteiger charge is -2.11. The van der Waals surface area contributed by atoms with E-state index in [1.165, 1.54) is 0 Å². The van der Waals surface area contributed by atoms with Crippen LogP contribution < -0.4 is 0 Å². The molecule has 6 heteroatoms. The third-order valence-corrected chi connectivity index (χ3v) is 2.10. The molecule has 0 saturated carbocycles. The highest BCUT2D eigenvalue weighted by Crippen LogP contribution is 2.33. The van der Waals surface area contributed by atoms with Crippen molar-refractivity contribution < 1.29 is 22.4 Å². The van der Waals surface area contributed by atoms with Crippen molar-refractivity contribution in [2.75, 3.05) is 5.88 Å². The van der Waals surface area contributed by atoms with Crippen molar-refractivity contribution in [2.24, 2.45) is 0 Å². The van der Waals surface area contributed by atoms with Gasteiger partial charge in [0.15, 0.2) is 5.78 Å². The zero-order valence-electron chi connectivity index (χ0n) is 7.94. The van der Waals surface area contributed by atoms with E-state index in [0.717, 1.165) is 12.1 Å². The van der Waals surface area contributed by atoms with Crippen LogP contribution in [0.3, 0.4) is 0 Å². The van der Waals surface area contributed by atoms with Gasteiger partial charge in [0.2, 0.25) is 0 Å². The standard InChI is InChI=1S/C10H7ClF4O/c11-4-3-9(16)7-2-1-6(12)5-8(7)10(13,14)15/h1-2,5H,3-4H2. The van der Waals surface area contributed by atoms with Gasteiger partial charge < -0.3 is 0 Å². The fraction of sp³-hybridized carbons (Fsp3) is 0.300. The topological polar surface area (TPSA) is 17.1 Å². The van der Waals surface area contributed by atoms with Crippen LogP contribution in [-0.2, 0) is 6.18 Å². The first-order valence-corrected chi connectivity index (χ1v) is 4.85. The highest BCUT2D eigenvalue weighted by atomic mass is 35.5. The monoisotopic (exact) mass is 254 g/mol. The average Bonchev–Trinajstić information content (AvgIpc) is 2.16. The molecule has 0 heterocycles. The van der Waals surface area contributed by atoms with E-state index >= 15 is 0 Å². The Hall–Kier alpha value is -1.10. The van der Waals surface area contributed by atoms with Crippen LogP contribution >= 0.6 is 11.6 Å². The lowest BCUT2D eigenvalue weighted by Crippen LogP contribution is -2.13. The second-order valence-corrected chi connectivity index (χ2v) is 3.43. The first-order chi connectivity index (χ1) is 7.36. The van der Waals surface area contributed by atoms with Crippen LogP contribution in [0.15, 0.2) is 18.2 Å². The average molecular weight is 255 g/mol. The molecule has 0 aromatic heterocycles. The summed E-state index contributed by atoms with van der Waals surface area (Å²) in [5.74, 6) is -1.86. The molecule has 0 aliphatic rings. The number of alkyl halides is 4. The second kappa shape index (κ2) is 4.82. The molecule has 0 unspecified atom stereocenters. The van der Waals surface area contributed by atoms with Crippen LogP contribution in [0.4, 0.5) is 17.6 Å². The first-order valence-electron chi connectivity index (χ1n) is 4.32. The molecule has 0 aliphatic heterocycles. The molecule has 1 rings (SSSR count). The lowest BCUT2D eigenvalue weighted by atomic mass is 10.0. The van der Waals surface area contributed by atoms with Gasteiger partial charge >= 0.3 is 6.18 Å². The highest BCUT2D eigenvalue weighted by molar-refractivity contribution is 6.19. The minimum absolute atomic E-state index is 0.0759. The van der Waals surface area contributed by atoms with Crippen molar-refractivity contribution in [3.05, 3.63) is 35.1 Å².